The molecule has 0 aliphatic carbocycles. The minimum absolute atomic E-state index is 0.0489. The van der Waals surface area contributed by atoms with E-state index in [-0.39, 0.29) is 18.1 Å². The van der Waals surface area contributed by atoms with E-state index >= 15 is 0 Å². The number of rotatable bonds is 4. The van der Waals surface area contributed by atoms with Crippen LogP contribution in [0.1, 0.15) is 25.5 Å². The molecule has 88 valence electrons. The van der Waals surface area contributed by atoms with Crippen molar-refractivity contribution in [3.8, 4) is 0 Å². The second-order valence-corrected chi connectivity index (χ2v) is 4.12. The van der Waals surface area contributed by atoms with Crippen LogP contribution in [0.2, 0.25) is 5.02 Å². The summed E-state index contributed by atoms with van der Waals surface area (Å²) < 4.78 is 4.64. The van der Waals surface area contributed by atoms with Crippen molar-refractivity contribution >= 4 is 17.6 Å². The van der Waals surface area contributed by atoms with E-state index in [1.165, 1.54) is 7.11 Å². The van der Waals surface area contributed by atoms with Gasteiger partial charge in [0.2, 0.25) is 0 Å². The predicted octanol–water partition coefficient (Wildman–Crippen LogP) is 2.55. The van der Waals surface area contributed by atoms with Crippen LogP contribution in [0.25, 0.3) is 0 Å². The number of hydrogen-bond donors (Lipinski definition) is 1. The number of esters is 1. The monoisotopic (exact) mass is 241 g/mol. The van der Waals surface area contributed by atoms with Gasteiger partial charge in [-0.25, -0.2) is 0 Å². The van der Waals surface area contributed by atoms with Crippen molar-refractivity contribution in [1.82, 2.24) is 5.32 Å². The maximum absolute atomic E-state index is 11.2. The molecule has 0 aliphatic rings. The molecule has 4 heteroatoms. The van der Waals surface area contributed by atoms with E-state index in [0.717, 1.165) is 5.56 Å². The summed E-state index contributed by atoms with van der Waals surface area (Å²) in [5, 5.41) is 3.83. The van der Waals surface area contributed by atoms with Crippen molar-refractivity contribution < 1.29 is 9.53 Å². The van der Waals surface area contributed by atoms with E-state index in [9.17, 15) is 4.79 Å². The minimum atomic E-state index is -0.334. The first-order valence-electron chi connectivity index (χ1n) is 5.14. The van der Waals surface area contributed by atoms with Crippen molar-refractivity contribution in [2.45, 2.75) is 25.9 Å². The summed E-state index contributed by atoms with van der Waals surface area (Å²) in [7, 11) is 1.38. The maximum Gasteiger partial charge on any atom is 0.322 e. The largest absolute Gasteiger partial charge is 0.468 e. The van der Waals surface area contributed by atoms with Crippen LogP contribution in [0.5, 0.6) is 0 Å². The highest BCUT2D eigenvalue weighted by molar-refractivity contribution is 6.30. The van der Waals surface area contributed by atoms with E-state index in [1.54, 1.807) is 6.92 Å². The number of benzene rings is 1. The van der Waals surface area contributed by atoms with Gasteiger partial charge in [0.1, 0.15) is 6.04 Å². The summed E-state index contributed by atoms with van der Waals surface area (Å²) >= 11 is 5.90. The zero-order valence-corrected chi connectivity index (χ0v) is 10.4. The average molecular weight is 242 g/mol. The van der Waals surface area contributed by atoms with Gasteiger partial charge < -0.3 is 4.74 Å². The smallest absolute Gasteiger partial charge is 0.322 e. The number of carbonyl (C=O) groups excluding carboxylic acids is 1. The highest BCUT2D eigenvalue weighted by atomic mass is 35.5. The van der Waals surface area contributed by atoms with Crippen molar-refractivity contribution in [1.29, 1.82) is 0 Å². The molecule has 0 aliphatic heterocycles. The fourth-order valence-corrected chi connectivity index (χ4v) is 1.69. The Labute approximate surface area is 101 Å². The molecule has 0 bridgehead atoms. The standard InChI is InChI=1S/C12H16ClNO2/c1-8(14-9(2)12(15)16-3)10-5-4-6-11(13)7-10/h4-9,14H,1-3H3/t8?,9-/m0/s1. The Morgan fingerprint density at radius 2 is 2.12 bits per heavy atom. The number of carbonyl (C=O) groups is 1. The zero-order valence-electron chi connectivity index (χ0n) is 9.66. The van der Waals surface area contributed by atoms with Crippen LogP contribution in [0.4, 0.5) is 0 Å². The van der Waals surface area contributed by atoms with Gasteiger partial charge in [-0.05, 0) is 31.5 Å². The molecule has 0 fully saturated rings. The molecule has 0 aromatic heterocycles. The summed E-state index contributed by atoms with van der Waals surface area (Å²) in [5.41, 5.74) is 1.04. The third-order valence-corrected chi connectivity index (χ3v) is 2.64. The maximum atomic E-state index is 11.2. The first kappa shape index (κ1) is 13.0. The highest BCUT2D eigenvalue weighted by Gasteiger charge is 2.16. The molecular formula is C12H16ClNO2. The number of halogens is 1. The summed E-state index contributed by atoms with van der Waals surface area (Å²) in [6, 6.07) is 7.27. The Morgan fingerprint density at radius 3 is 2.69 bits per heavy atom. The third kappa shape index (κ3) is 3.51. The quantitative estimate of drug-likeness (QED) is 0.824. The lowest BCUT2D eigenvalue weighted by atomic mass is 10.1. The van der Waals surface area contributed by atoms with E-state index in [0.29, 0.717) is 5.02 Å². The lowest BCUT2D eigenvalue weighted by molar-refractivity contribution is -0.142. The van der Waals surface area contributed by atoms with E-state index < -0.39 is 0 Å². The molecule has 1 N–H and O–H groups in total. The molecular weight excluding hydrogens is 226 g/mol. The van der Waals surface area contributed by atoms with Crippen molar-refractivity contribution in [3.05, 3.63) is 34.9 Å². The Balaban J connectivity index is 2.65. The Morgan fingerprint density at radius 1 is 1.44 bits per heavy atom. The van der Waals surface area contributed by atoms with Gasteiger partial charge in [-0.1, -0.05) is 23.7 Å². The number of ether oxygens (including phenoxy) is 1. The molecule has 0 saturated carbocycles. The van der Waals surface area contributed by atoms with Crippen LogP contribution in [-0.4, -0.2) is 19.1 Å². The fraction of sp³-hybridized carbons (Fsp3) is 0.417. The van der Waals surface area contributed by atoms with E-state index in [1.807, 2.05) is 31.2 Å². The van der Waals surface area contributed by atoms with Crippen molar-refractivity contribution in [3.63, 3.8) is 0 Å². The lowest BCUT2D eigenvalue weighted by Gasteiger charge is -2.18. The van der Waals surface area contributed by atoms with Crippen LogP contribution in [0.3, 0.4) is 0 Å². The van der Waals surface area contributed by atoms with Gasteiger partial charge in [0.25, 0.3) is 0 Å². The van der Waals surface area contributed by atoms with Gasteiger partial charge in [-0.3, -0.25) is 10.1 Å². The van der Waals surface area contributed by atoms with Gasteiger partial charge >= 0.3 is 5.97 Å². The molecule has 3 nitrogen and oxygen atoms in total. The number of methoxy groups -OCH3 is 1. The highest BCUT2D eigenvalue weighted by Crippen LogP contribution is 2.17. The summed E-state index contributed by atoms with van der Waals surface area (Å²) in [4.78, 5) is 11.2. The van der Waals surface area contributed by atoms with E-state index in [2.05, 4.69) is 10.1 Å². The van der Waals surface area contributed by atoms with Gasteiger partial charge in [0.15, 0.2) is 0 Å². The third-order valence-electron chi connectivity index (χ3n) is 2.40. The van der Waals surface area contributed by atoms with Crippen LogP contribution in [-0.2, 0) is 9.53 Å². The second-order valence-electron chi connectivity index (χ2n) is 3.69. The van der Waals surface area contributed by atoms with Crippen LogP contribution in [0.15, 0.2) is 24.3 Å². The van der Waals surface area contributed by atoms with Gasteiger partial charge in [0.05, 0.1) is 7.11 Å². The topological polar surface area (TPSA) is 38.3 Å². The molecule has 1 aromatic carbocycles. The SMILES string of the molecule is COC(=O)[C@H](C)NC(C)c1cccc(Cl)c1. The molecule has 1 aromatic rings. The molecule has 16 heavy (non-hydrogen) atoms. The number of hydrogen-bond acceptors (Lipinski definition) is 3. The molecule has 0 heterocycles. The minimum Gasteiger partial charge on any atom is -0.468 e. The Kier molecular flexibility index (Phi) is 4.77. The number of nitrogens with one attached hydrogen (secondary N) is 1. The normalized spacial score (nSPS) is 14.2. The summed E-state index contributed by atoms with van der Waals surface area (Å²) in [5.74, 6) is -0.270. The van der Waals surface area contributed by atoms with Gasteiger partial charge in [-0.15, -0.1) is 0 Å². The van der Waals surface area contributed by atoms with Gasteiger partial charge in [-0.2, -0.15) is 0 Å². The van der Waals surface area contributed by atoms with Crippen LogP contribution < -0.4 is 5.32 Å². The molecule has 0 saturated heterocycles. The zero-order chi connectivity index (χ0) is 12.1. The Hall–Kier alpha value is -1.06. The average Bonchev–Trinajstić information content (AvgIpc) is 2.27. The first-order chi connectivity index (χ1) is 7.54. The van der Waals surface area contributed by atoms with Crippen molar-refractivity contribution in [2.75, 3.05) is 7.11 Å². The molecule has 1 unspecified atom stereocenters. The van der Waals surface area contributed by atoms with Crippen LogP contribution in [0, 0.1) is 0 Å². The molecule has 2 atom stereocenters. The molecule has 0 amide bonds. The molecule has 1 rings (SSSR count). The lowest BCUT2D eigenvalue weighted by Crippen LogP contribution is -2.36. The molecule has 0 spiro atoms. The molecule has 0 radical (unpaired) electrons. The Bertz CT molecular complexity index is 368. The summed E-state index contributed by atoms with van der Waals surface area (Å²) in [6.45, 7) is 3.75. The first-order valence-corrected chi connectivity index (χ1v) is 5.51. The second kappa shape index (κ2) is 5.87. The summed E-state index contributed by atoms with van der Waals surface area (Å²) in [6.07, 6.45) is 0. The fourth-order valence-electron chi connectivity index (χ4n) is 1.49. The van der Waals surface area contributed by atoms with Crippen molar-refractivity contribution in [2.24, 2.45) is 0 Å². The van der Waals surface area contributed by atoms with Crippen LogP contribution >= 0.6 is 11.6 Å². The van der Waals surface area contributed by atoms with Gasteiger partial charge in [0, 0.05) is 11.1 Å². The van der Waals surface area contributed by atoms with E-state index in [4.69, 9.17) is 11.6 Å². The predicted molar refractivity (Wildman–Crippen MR) is 64.5 cm³/mol.